The van der Waals surface area contributed by atoms with Gasteiger partial charge in [0.15, 0.2) is 0 Å². The number of alkyl halides is 1. The van der Waals surface area contributed by atoms with Gasteiger partial charge in [0, 0.05) is 23.7 Å². The highest BCUT2D eigenvalue weighted by Crippen LogP contribution is 2.29. The Kier molecular flexibility index (Phi) is 4.32. The van der Waals surface area contributed by atoms with Crippen LogP contribution >= 0.6 is 0 Å². The first-order valence-corrected chi connectivity index (χ1v) is 7.41. The Balaban J connectivity index is 2.02. The van der Waals surface area contributed by atoms with Crippen LogP contribution in [0.4, 0.5) is 15.8 Å². The highest BCUT2D eigenvalue weighted by Gasteiger charge is 2.21. The van der Waals surface area contributed by atoms with E-state index in [0.717, 1.165) is 10.9 Å². The van der Waals surface area contributed by atoms with Gasteiger partial charge in [0.25, 0.3) is 0 Å². The Labute approximate surface area is 133 Å². The molecule has 0 radical (unpaired) electrons. The average molecular weight is 312 g/mol. The third kappa shape index (κ3) is 3.21. The maximum Gasteiger partial charge on any atom is 0.231 e. The molecule has 0 fully saturated rings. The molecule has 1 aromatic carbocycles. The normalized spacial score (nSPS) is 12.3. The van der Waals surface area contributed by atoms with Gasteiger partial charge in [0.05, 0.1) is 30.3 Å². The van der Waals surface area contributed by atoms with Crippen molar-refractivity contribution >= 4 is 28.2 Å². The van der Waals surface area contributed by atoms with Gasteiger partial charge in [-0.25, -0.2) is 0 Å². The number of rotatable bonds is 5. The minimum absolute atomic E-state index is 0.134. The van der Waals surface area contributed by atoms with E-state index in [1.807, 2.05) is 24.3 Å². The molecule has 5 nitrogen and oxygen atoms in total. The second-order valence-corrected chi connectivity index (χ2v) is 5.55. The van der Waals surface area contributed by atoms with Crippen LogP contribution in [0.3, 0.4) is 0 Å². The number of H-pyrrole nitrogens is 1. The van der Waals surface area contributed by atoms with Crippen molar-refractivity contribution in [1.29, 1.82) is 0 Å². The highest BCUT2D eigenvalue weighted by molar-refractivity contribution is 6.02. The van der Waals surface area contributed by atoms with E-state index in [-0.39, 0.29) is 18.2 Å². The van der Waals surface area contributed by atoms with Crippen molar-refractivity contribution in [1.82, 2.24) is 15.2 Å². The largest absolute Gasteiger partial charge is 0.279 e. The van der Waals surface area contributed by atoms with Gasteiger partial charge < -0.3 is 0 Å². The standard InChI is InChI=1S/C17H17FN4O/c1-12(9-18)7-17(23)22(15-3-2-6-19-11-15)14-4-5-16-13(8-14)10-20-21-16/h2-6,8,10-12H,7,9H2,1H3,(H,20,21). The van der Waals surface area contributed by atoms with Gasteiger partial charge in [-0.15, -0.1) is 0 Å². The molecule has 0 aliphatic heterocycles. The second kappa shape index (κ2) is 6.56. The highest BCUT2D eigenvalue weighted by atomic mass is 19.1. The van der Waals surface area contributed by atoms with Crippen molar-refractivity contribution in [3.63, 3.8) is 0 Å². The number of pyridine rings is 1. The van der Waals surface area contributed by atoms with Crippen molar-refractivity contribution in [3.8, 4) is 0 Å². The zero-order valence-electron chi connectivity index (χ0n) is 12.7. The first kappa shape index (κ1) is 15.1. The maximum absolute atomic E-state index is 12.8. The molecule has 118 valence electrons. The molecule has 1 atom stereocenters. The number of hydrogen-bond acceptors (Lipinski definition) is 3. The molecule has 0 spiro atoms. The summed E-state index contributed by atoms with van der Waals surface area (Å²) in [6.45, 7) is 1.20. The first-order chi connectivity index (χ1) is 11.2. The summed E-state index contributed by atoms with van der Waals surface area (Å²) in [6.07, 6.45) is 5.11. The fraction of sp³-hybridized carbons (Fsp3) is 0.235. The maximum atomic E-state index is 12.8. The summed E-state index contributed by atoms with van der Waals surface area (Å²) in [5.41, 5.74) is 2.26. The topological polar surface area (TPSA) is 61.9 Å². The van der Waals surface area contributed by atoms with E-state index in [0.29, 0.717) is 11.4 Å². The summed E-state index contributed by atoms with van der Waals surface area (Å²) < 4.78 is 12.8. The van der Waals surface area contributed by atoms with Gasteiger partial charge in [0.1, 0.15) is 0 Å². The van der Waals surface area contributed by atoms with Crippen molar-refractivity contribution in [3.05, 3.63) is 48.9 Å². The van der Waals surface area contributed by atoms with Crippen molar-refractivity contribution in [2.45, 2.75) is 13.3 Å². The van der Waals surface area contributed by atoms with Crippen LogP contribution in [0, 0.1) is 5.92 Å². The molecule has 0 bridgehead atoms. The molecule has 1 N–H and O–H groups in total. The number of nitrogens with one attached hydrogen (secondary N) is 1. The van der Waals surface area contributed by atoms with Gasteiger partial charge >= 0.3 is 0 Å². The summed E-state index contributed by atoms with van der Waals surface area (Å²) in [7, 11) is 0. The number of fused-ring (bicyclic) bond motifs is 1. The number of carbonyl (C=O) groups excluding carboxylic acids is 1. The lowest BCUT2D eigenvalue weighted by Gasteiger charge is -2.24. The van der Waals surface area contributed by atoms with E-state index in [2.05, 4.69) is 15.2 Å². The molecule has 1 unspecified atom stereocenters. The van der Waals surface area contributed by atoms with Crippen LogP contribution in [-0.4, -0.2) is 27.8 Å². The number of aromatic amines is 1. The molecule has 23 heavy (non-hydrogen) atoms. The van der Waals surface area contributed by atoms with E-state index < -0.39 is 6.67 Å². The van der Waals surface area contributed by atoms with Crippen LogP contribution in [0.15, 0.2) is 48.9 Å². The Morgan fingerprint density at radius 2 is 2.17 bits per heavy atom. The Hall–Kier alpha value is -2.76. The third-order valence-corrected chi connectivity index (χ3v) is 3.62. The molecule has 0 aliphatic carbocycles. The third-order valence-electron chi connectivity index (χ3n) is 3.62. The van der Waals surface area contributed by atoms with E-state index in [4.69, 9.17) is 0 Å². The molecule has 2 aromatic heterocycles. The smallest absolute Gasteiger partial charge is 0.231 e. The van der Waals surface area contributed by atoms with Gasteiger partial charge in [-0.05, 0) is 36.2 Å². The molecule has 0 saturated heterocycles. The summed E-state index contributed by atoms with van der Waals surface area (Å²) in [5, 5.41) is 7.78. The fourth-order valence-electron chi connectivity index (χ4n) is 2.44. The quantitative estimate of drug-likeness (QED) is 0.782. The SMILES string of the molecule is CC(CF)CC(=O)N(c1cccnc1)c1ccc2[nH]ncc2c1. The molecule has 0 saturated carbocycles. The summed E-state index contributed by atoms with van der Waals surface area (Å²) in [6, 6.07) is 9.16. The second-order valence-electron chi connectivity index (χ2n) is 5.55. The van der Waals surface area contributed by atoms with Crippen molar-refractivity contribution in [2.75, 3.05) is 11.6 Å². The molecule has 2 heterocycles. The summed E-state index contributed by atoms with van der Waals surface area (Å²) in [4.78, 5) is 18.3. The number of aromatic nitrogens is 3. The molecule has 6 heteroatoms. The minimum atomic E-state index is -0.520. The number of amides is 1. The number of halogens is 1. The van der Waals surface area contributed by atoms with E-state index in [1.165, 1.54) is 0 Å². The van der Waals surface area contributed by atoms with E-state index in [1.54, 1.807) is 36.5 Å². The zero-order valence-corrected chi connectivity index (χ0v) is 12.7. The monoisotopic (exact) mass is 312 g/mol. The van der Waals surface area contributed by atoms with Crippen LogP contribution in [0.2, 0.25) is 0 Å². The molecule has 0 aliphatic rings. The van der Waals surface area contributed by atoms with Gasteiger partial charge in [-0.2, -0.15) is 5.10 Å². The number of nitrogens with zero attached hydrogens (tertiary/aromatic N) is 3. The molecule has 3 rings (SSSR count). The number of benzene rings is 1. The Bertz CT molecular complexity index is 802. The van der Waals surface area contributed by atoms with Crippen molar-refractivity contribution < 1.29 is 9.18 Å². The van der Waals surface area contributed by atoms with Gasteiger partial charge in [0.2, 0.25) is 5.91 Å². The minimum Gasteiger partial charge on any atom is -0.279 e. The Morgan fingerprint density at radius 3 is 2.91 bits per heavy atom. The fourth-order valence-corrected chi connectivity index (χ4v) is 2.44. The predicted octanol–water partition coefficient (Wildman–Crippen LogP) is 3.62. The van der Waals surface area contributed by atoms with E-state index >= 15 is 0 Å². The van der Waals surface area contributed by atoms with Gasteiger partial charge in [-0.3, -0.25) is 24.2 Å². The van der Waals surface area contributed by atoms with Crippen LogP contribution < -0.4 is 4.90 Å². The molecule has 3 aromatic rings. The van der Waals surface area contributed by atoms with Crippen LogP contribution in [-0.2, 0) is 4.79 Å². The van der Waals surface area contributed by atoms with Crippen LogP contribution in [0.1, 0.15) is 13.3 Å². The first-order valence-electron chi connectivity index (χ1n) is 7.41. The lowest BCUT2D eigenvalue weighted by atomic mass is 10.1. The van der Waals surface area contributed by atoms with E-state index in [9.17, 15) is 9.18 Å². The zero-order chi connectivity index (χ0) is 16.2. The Morgan fingerprint density at radius 1 is 1.30 bits per heavy atom. The summed E-state index contributed by atoms with van der Waals surface area (Å²) in [5.74, 6) is -0.481. The van der Waals surface area contributed by atoms with Crippen LogP contribution in [0.5, 0.6) is 0 Å². The number of hydrogen-bond donors (Lipinski definition) is 1. The lowest BCUT2D eigenvalue weighted by Crippen LogP contribution is -2.27. The molecular formula is C17H17FN4O. The average Bonchev–Trinajstić information content (AvgIpc) is 3.03. The number of anilines is 2. The molecule has 1 amide bonds. The van der Waals surface area contributed by atoms with Crippen LogP contribution in [0.25, 0.3) is 10.9 Å². The van der Waals surface area contributed by atoms with Gasteiger partial charge in [-0.1, -0.05) is 6.92 Å². The predicted molar refractivity (Wildman–Crippen MR) is 87.2 cm³/mol. The summed E-state index contributed by atoms with van der Waals surface area (Å²) >= 11 is 0. The number of carbonyl (C=O) groups is 1. The lowest BCUT2D eigenvalue weighted by molar-refractivity contribution is -0.118. The molecular weight excluding hydrogens is 295 g/mol. The van der Waals surface area contributed by atoms with Crippen molar-refractivity contribution in [2.24, 2.45) is 5.92 Å².